The lowest BCUT2D eigenvalue weighted by Crippen LogP contribution is -2.41. The molecule has 1 N–H and O–H groups in total. The highest BCUT2D eigenvalue weighted by Crippen LogP contribution is 2.28. The van der Waals surface area contributed by atoms with Crippen LogP contribution in [-0.4, -0.2) is 30.2 Å². The van der Waals surface area contributed by atoms with E-state index >= 15 is 0 Å². The predicted molar refractivity (Wildman–Crippen MR) is 82.4 cm³/mol. The normalized spacial score (nSPS) is 23.1. The summed E-state index contributed by atoms with van der Waals surface area (Å²) in [6.07, 6.45) is 2.95. The second-order valence-corrected chi connectivity index (χ2v) is 5.68. The van der Waals surface area contributed by atoms with Crippen LogP contribution < -0.4 is 5.32 Å². The number of benzene rings is 1. The van der Waals surface area contributed by atoms with Crippen LogP contribution in [0.4, 0.5) is 5.69 Å². The molecule has 2 rings (SSSR count). The van der Waals surface area contributed by atoms with E-state index in [1.807, 2.05) is 12.1 Å². The zero-order chi connectivity index (χ0) is 15.2. The number of nitrogens with zero attached hydrogens (tertiary/aromatic N) is 1. The SMILES string of the molecule is CCCNC(Cc1ccccc1[N+](=O)[O-])C1CCOC1C. The van der Waals surface area contributed by atoms with Crippen molar-refractivity contribution in [2.24, 2.45) is 5.92 Å². The third-order valence-corrected chi connectivity index (χ3v) is 4.24. The Morgan fingerprint density at radius 1 is 1.48 bits per heavy atom. The summed E-state index contributed by atoms with van der Waals surface area (Å²) in [5, 5.41) is 14.7. The van der Waals surface area contributed by atoms with Gasteiger partial charge in [-0.25, -0.2) is 0 Å². The summed E-state index contributed by atoms with van der Waals surface area (Å²) in [7, 11) is 0. The minimum atomic E-state index is -0.291. The van der Waals surface area contributed by atoms with Gasteiger partial charge in [-0.3, -0.25) is 10.1 Å². The first-order chi connectivity index (χ1) is 10.1. The van der Waals surface area contributed by atoms with Gasteiger partial charge in [-0.1, -0.05) is 25.1 Å². The van der Waals surface area contributed by atoms with E-state index in [2.05, 4.69) is 19.2 Å². The zero-order valence-electron chi connectivity index (χ0n) is 12.7. The highest BCUT2D eigenvalue weighted by atomic mass is 16.6. The summed E-state index contributed by atoms with van der Waals surface area (Å²) >= 11 is 0. The van der Waals surface area contributed by atoms with Crippen molar-refractivity contribution < 1.29 is 9.66 Å². The Labute approximate surface area is 125 Å². The molecular weight excluding hydrogens is 268 g/mol. The van der Waals surface area contributed by atoms with Crippen LogP contribution in [0.3, 0.4) is 0 Å². The molecule has 21 heavy (non-hydrogen) atoms. The smallest absolute Gasteiger partial charge is 0.272 e. The van der Waals surface area contributed by atoms with Gasteiger partial charge in [0.15, 0.2) is 0 Å². The van der Waals surface area contributed by atoms with Gasteiger partial charge in [0.1, 0.15) is 0 Å². The van der Waals surface area contributed by atoms with Crippen LogP contribution in [-0.2, 0) is 11.2 Å². The second kappa shape index (κ2) is 7.52. The molecule has 1 aromatic carbocycles. The first kappa shape index (κ1) is 15.9. The van der Waals surface area contributed by atoms with E-state index in [-0.39, 0.29) is 22.8 Å². The lowest BCUT2D eigenvalue weighted by molar-refractivity contribution is -0.385. The van der Waals surface area contributed by atoms with E-state index in [9.17, 15) is 10.1 Å². The third-order valence-electron chi connectivity index (χ3n) is 4.24. The van der Waals surface area contributed by atoms with Crippen molar-refractivity contribution in [1.29, 1.82) is 0 Å². The van der Waals surface area contributed by atoms with E-state index in [1.165, 1.54) is 0 Å². The molecule has 1 aliphatic heterocycles. The number of nitro benzene ring substituents is 1. The first-order valence-electron chi connectivity index (χ1n) is 7.70. The Hall–Kier alpha value is -1.46. The van der Waals surface area contributed by atoms with Crippen molar-refractivity contribution >= 4 is 5.69 Å². The fourth-order valence-electron chi connectivity index (χ4n) is 3.08. The van der Waals surface area contributed by atoms with Crippen LogP contribution in [0.25, 0.3) is 0 Å². The van der Waals surface area contributed by atoms with Crippen molar-refractivity contribution in [1.82, 2.24) is 5.32 Å². The predicted octanol–water partition coefficient (Wildman–Crippen LogP) is 2.93. The van der Waals surface area contributed by atoms with Crippen molar-refractivity contribution in [3.05, 3.63) is 39.9 Å². The molecule has 0 radical (unpaired) electrons. The van der Waals surface area contributed by atoms with E-state index in [1.54, 1.807) is 12.1 Å². The van der Waals surface area contributed by atoms with Crippen LogP contribution in [0.5, 0.6) is 0 Å². The summed E-state index contributed by atoms with van der Waals surface area (Å²) in [5.41, 5.74) is 1.02. The van der Waals surface area contributed by atoms with Crippen molar-refractivity contribution in [3.8, 4) is 0 Å². The Bertz CT molecular complexity index is 478. The summed E-state index contributed by atoms with van der Waals surface area (Å²) < 4.78 is 5.67. The molecule has 0 spiro atoms. The lowest BCUT2D eigenvalue weighted by Gasteiger charge is -2.27. The largest absolute Gasteiger partial charge is 0.378 e. The van der Waals surface area contributed by atoms with Gasteiger partial charge in [-0.2, -0.15) is 0 Å². The maximum Gasteiger partial charge on any atom is 0.272 e. The Morgan fingerprint density at radius 2 is 2.24 bits per heavy atom. The van der Waals surface area contributed by atoms with E-state index < -0.39 is 0 Å². The molecule has 0 aliphatic carbocycles. The van der Waals surface area contributed by atoms with Crippen molar-refractivity contribution in [3.63, 3.8) is 0 Å². The number of nitrogens with one attached hydrogen (secondary N) is 1. The number of nitro groups is 1. The van der Waals surface area contributed by atoms with E-state index in [0.29, 0.717) is 12.3 Å². The van der Waals surface area contributed by atoms with Gasteiger partial charge in [0.2, 0.25) is 0 Å². The minimum Gasteiger partial charge on any atom is -0.378 e. The molecule has 1 heterocycles. The molecule has 1 fully saturated rings. The van der Waals surface area contributed by atoms with E-state index in [0.717, 1.165) is 31.6 Å². The zero-order valence-corrected chi connectivity index (χ0v) is 12.7. The van der Waals surface area contributed by atoms with Crippen LogP contribution in [0, 0.1) is 16.0 Å². The topological polar surface area (TPSA) is 64.4 Å². The van der Waals surface area contributed by atoms with Crippen molar-refractivity contribution in [2.75, 3.05) is 13.2 Å². The highest BCUT2D eigenvalue weighted by molar-refractivity contribution is 5.40. The minimum absolute atomic E-state index is 0.210. The van der Waals surface area contributed by atoms with Crippen LogP contribution >= 0.6 is 0 Å². The maximum atomic E-state index is 11.2. The molecule has 0 amide bonds. The van der Waals surface area contributed by atoms with Gasteiger partial charge in [0.25, 0.3) is 5.69 Å². The highest BCUT2D eigenvalue weighted by Gasteiger charge is 2.32. The van der Waals surface area contributed by atoms with Crippen LogP contribution in [0.15, 0.2) is 24.3 Å². The number of hydrogen-bond donors (Lipinski definition) is 1. The summed E-state index contributed by atoms with van der Waals surface area (Å²) in [6, 6.07) is 7.26. The number of ether oxygens (including phenoxy) is 1. The fraction of sp³-hybridized carbons (Fsp3) is 0.625. The molecular formula is C16H24N2O3. The maximum absolute atomic E-state index is 11.2. The van der Waals surface area contributed by atoms with Gasteiger partial charge < -0.3 is 10.1 Å². The van der Waals surface area contributed by atoms with E-state index in [4.69, 9.17) is 4.74 Å². The average molecular weight is 292 g/mol. The average Bonchev–Trinajstić information content (AvgIpc) is 2.90. The van der Waals surface area contributed by atoms with Crippen LogP contribution in [0.1, 0.15) is 32.3 Å². The monoisotopic (exact) mass is 292 g/mol. The first-order valence-corrected chi connectivity index (χ1v) is 7.70. The van der Waals surface area contributed by atoms with Gasteiger partial charge in [0, 0.05) is 30.2 Å². The Kier molecular flexibility index (Phi) is 5.70. The molecule has 3 atom stereocenters. The van der Waals surface area contributed by atoms with Crippen molar-refractivity contribution in [2.45, 2.75) is 45.3 Å². The number of rotatable bonds is 7. The second-order valence-electron chi connectivity index (χ2n) is 5.68. The molecule has 1 aliphatic rings. The molecule has 1 saturated heterocycles. The molecule has 5 nitrogen and oxygen atoms in total. The number of para-hydroxylation sites is 1. The Morgan fingerprint density at radius 3 is 2.86 bits per heavy atom. The summed E-state index contributed by atoms with van der Waals surface area (Å²) in [4.78, 5) is 10.9. The molecule has 116 valence electrons. The van der Waals surface area contributed by atoms with Gasteiger partial charge in [-0.15, -0.1) is 0 Å². The Balaban J connectivity index is 2.16. The number of hydrogen-bond acceptors (Lipinski definition) is 4. The molecule has 0 saturated carbocycles. The molecule has 0 bridgehead atoms. The molecule has 5 heteroatoms. The third kappa shape index (κ3) is 4.02. The standard InChI is InChI=1S/C16H24N2O3/c1-3-9-17-15(14-8-10-21-12(14)2)11-13-6-4-5-7-16(13)18(19)20/h4-7,12,14-15,17H,3,8-11H2,1-2H3. The van der Waals surface area contributed by atoms with Gasteiger partial charge in [-0.05, 0) is 32.7 Å². The van der Waals surface area contributed by atoms with Crippen LogP contribution in [0.2, 0.25) is 0 Å². The lowest BCUT2D eigenvalue weighted by atomic mass is 9.88. The molecule has 0 aromatic heterocycles. The molecule has 3 unspecified atom stereocenters. The van der Waals surface area contributed by atoms with Gasteiger partial charge >= 0.3 is 0 Å². The van der Waals surface area contributed by atoms with Gasteiger partial charge in [0.05, 0.1) is 11.0 Å². The quantitative estimate of drug-likeness (QED) is 0.620. The summed E-state index contributed by atoms with van der Waals surface area (Å²) in [5.74, 6) is 0.413. The molecule has 1 aromatic rings. The fourth-order valence-corrected chi connectivity index (χ4v) is 3.08. The summed E-state index contributed by atoms with van der Waals surface area (Å²) in [6.45, 7) is 5.93.